The lowest BCUT2D eigenvalue weighted by atomic mass is 10.2. The molecule has 0 saturated carbocycles. The molecule has 0 bridgehead atoms. The van der Waals surface area contributed by atoms with Crippen LogP contribution in [0.4, 0.5) is 0 Å². The largest absolute Gasteiger partial charge is 0.358 e. The molecule has 0 aliphatic heterocycles. The van der Waals surface area contributed by atoms with Crippen LogP contribution in [0.15, 0.2) is 18.3 Å². The Balaban J connectivity index is 2.76. The van der Waals surface area contributed by atoms with E-state index in [1.54, 1.807) is 12.3 Å². The highest BCUT2D eigenvalue weighted by Crippen LogP contribution is 2.30. The highest BCUT2D eigenvalue weighted by Gasteiger charge is 2.32. The van der Waals surface area contributed by atoms with Crippen molar-refractivity contribution in [2.24, 2.45) is 0 Å². The summed E-state index contributed by atoms with van der Waals surface area (Å²) < 4.78 is -1.92. The second-order valence-electron chi connectivity index (χ2n) is 3.09. The van der Waals surface area contributed by atoms with Gasteiger partial charge in [-0.05, 0) is 23.8 Å². The van der Waals surface area contributed by atoms with Crippen LogP contribution in [0.25, 0.3) is 6.08 Å². The van der Waals surface area contributed by atoms with Crippen LogP contribution in [0, 0.1) is 0 Å². The summed E-state index contributed by atoms with van der Waals surface area (Å²) in [6.07, 6.45) is 6.38. The van der Waals surface area contributed by atoms with Crippen molar-refractivity contribution in [3.8, 4) is 0 Å². The summed E-state index contributed by atoms with van der Waals surface area (Å²) in [7, 11) is 0. The fourth-order valence-electron chi connectivity index (χ4n) is 1.09. The van der Waals surface area contributed by atoms with Gasteiger partial charge in [-0.3, -0.25) is 4.79 Å². The number of aromatic nitrogens is 1. The van der Waals surface area contributed by atoms with Crippen LogP contribution in [0.5, 0.6) is 0 Å². The number of allylic oxidation sites excluding steroid dienone is 1. The Hall–Kier alpha value is -0.0900. The lowest BCUT2D eigenvalue weighted by Crippen LogP contribution is -2.19. The van der Waals surface area contributed by atoms with Crippen molar-refractivity contribution >= 4 is 59.3 Å². The molecular weight excluding hydrogens is 289 g/mol. The molecule has 2 nitrogen and oxygen atoms in total. The Bertz CT molecular complexity index is 395. The van der Waals surface area contributed by atoms with E-state index in [9.17, 15) is 4.79 Å². The zero-order chi connectivity index (χ0) is 12.2. The number of carbonyl (C=O) groups excluding carboxylic acids is 1. The number of halogens is 3. The van der Waals surface area contributed by atoms with Gasteiger partial charge in [0.2, 0.25) is 5.78 Å². The zero-order valence-corrected chi connectivity index (χ0v) is 11.4. The van der Waals surface area contributed by atoms with Crippen molar-refractivity contribution in [3.05, 3.63) is 29.6 Å². The number of nitrogens with one attached hydrogen (secondary N) is 1. The minimum Gasteiger partial charge on any atom is -0.358 e. The average molecular weight is 299 g/mol. The summed E-state index contributed by atoms with van der Waals surface area (Å²) in [5, 5.41) is 0. The van der Waals surface area contributed by atoms with E-state index in [1.165, 1.54) is 0 Å². The van der Waals surface area contributed by atoms with Gasteiger partial charge in [0.25, 0.3) is 3.79 Å². The Morgan fingerprint density at radius 3 is 2.75 bits per heavy atom. The topological polar surface area (TPSA) is 32.9 Å². The van der Waals surface area contributed by atoms with E-state index in [-0.39, 0.29) is 5.69 Å². The highest BCUT2D eigenvalue weighted by atomic mass is 35.6. The first-order valence-electron chi connectivity index (χ1n) is 4.52. The van der Waals surface area contributed by atoms with Gasteiger partial charge in [-0.25, -0.2) is 0 Å². The van der Waals surface area contributed by atoms with Crippen molar-refractivity contribution in [1.82, 2.24) is 4.98 Å². The number of hydrogen-bond acceptors (Lipinski definition) is 2. The summed E-state index contributed by atoms with van der Waals surface area (Å²) in [6.45, 7) is 0. The van der Waals surface area contributed by atoms with Gasteiger partial charge in [-0.1, -0.05) is 47.0 Å². The molecular formula is C10H10Cl3NOS. The molecule has 0 radical (unpaired) electrons. The number of aromatic amines is 1. The number of carbonyl (C=O) groups is 1. The first kappa shape index (κ1) is 14.0. The molecule has 88 valence electrons. The molecule has 1 heterocycles. The Morgan fingerprint density at radius 1 is 1.50 bits per heavy atom. The Labute approximate surface area is 114 Å². The van der Waals surface area contributed by atoms with Gasteiger partial charge in [0, 0.05) is 6.20 Å². The third-order valence-electron chi connectivity index (χ3n) is 1.81. The highest BCUT2D eigenvalue weighted by molar-refractivity contribution is 7.80. The maximum Gasteiger partial charge on any atom is 0.254 e. The number of ketones is 1. The molecule has 0 aromatic carbocycles. The smallest absolute Gasteiger partial charge is 0.254 e. The van der Waals surface area contributed by atoms with Crippen LogP contribution >= 0.6 is 47.4 Å². The van der Waals surface area contributed by atoms with E-state index in [1.807, 2.05) is 12.2 Å². The minimum atomic E-state index is -1.92. The van der Waals surface area contributed by atoms with Crippen LogP contribution in [-0.2, 0) is 0 Å². The quantitative estimate of drug-likeness (QED) is 0.493. The normalized spacial score (nSPS) is 12.2. The van der Waals surface area contributed by atoms with Crippen LogP contribution in [0.3, 0.4) is 0 Å². The lowest BCUT2D eigenvalue weighted by Gasteiger charge is -2.06. The molecule has 0 unspecified atom stereocenters. The van der Waals surface area contributed by atoms with Gasteiger partial charge in [-0.2, -0.15) is 12.6 Å². The number of thiol groups is 1. The molecule has 0 aliphatic rings. The third kappa shape index (κ3) is 4.06. The van der Waals surface area contributed by atoms with Crippen molar-refractivity contribution in [2.45, 2.75) is 10.2 Å². The number of H-pyrrole nitrogens is 1. The standard InChI is InChI=1S/C10H10Cl3NOS/c11-10(12,13)9(15)8-5-7(6-14-8)3-1-2-4-16/h1,3,5-6,14,16H,2,4H2. The molecule has 0 aliphatic carbocycles. The molecule has 0 saturated heterocycles. The molecule has 0 spiro atoms. The van der Waals surface area contributed by atoms with Crippen LogP contribution < -0.4 is 0 Å². The van der Waals surface area contributed by atoms with Crippen molar-refractivity contribution in [3.63, 3.8) is 0 Å². The predicted octanol–water partition coefficient (Wildman–Crippen LogP) is 3.90. The summed E-state index contributed by atoms with van der Waals surface area (Å²) in [5.74, 6) is 0.215. The molecule has 1 aromatic rings. The monoisotopic (exact) mass is 297 g/mol. The molecule has 1 aromatic heterocycles. The fourth-order valence-corrected chi connectivity index (χ4v) is 1.54. The zero-order valence-electron chi connectivity index (χ0n) is 8.21. The Morgan fingerprint density at radius 2 is 2.19 bits per heavy atom. The van der Waals surface area contributed by atoms with Crippen LogP contribution in [-0.4, -0.2) is 20.3 Å². The van der Waals surface area contributed by atoms with Gasteiger partial charge < -0.3 is 4.98 Å². The number of hydrogen-bond donors (Lipinski definition) is 2. The van der Waals surface area contributed by atoms with Crippen molar-refractivity contribution < 1.29 is 4.79 Å². The summed E-state index contributed by atoms with van der Waals surface area (Å²) in [6, 6.07) is 1.64. The van der Waals surface area contributed by atoms with Crippen molar-refractivity contribution in [1.29, 1.82) is 0 Å². The average Bonchev–Trinajstić information content (AvgIpc) is 2.64. The van der Waals surface area contributed by atoms with Gasteiger partial charge in [0.1, 0.15) is 0 Å². The maximum absolute atomic E-state index is 11.5. The predicted molar refractivity (Wildman–Crippen MR) is 72.9 cm³/mol. The summed E-state index contributed by atoms with van der Waals surface area (Å²) in [5.41, 5.74) is 1.14. The lowest BCUT2D eigenvalue weighted by molar-refractivity contribution is 0.0992. The van der Waals surface area contributed by atoms with E-state index in [0.717, 1.165) is 17.7 Å². The molecule has 0 atom stereocenters. The first-order valence-corrected chi connectivity index (χ1v) is 6.29. The molecule has 16 heavy (non-hydrogen) atoms. The maximum atomic E-state index is 11.5. The van der Waals surface area contributed by atoms with Gasteiger partial charge >= 0.3 is 0 Å². The van der Waals surface area contributed by atoms with E-state index < -0.39 is 9.58 Å². The van der Waals surface area contributed by atoms with E-state index in [0.29, 0.717) is 0 Å². The van der Waals surface area contributed by atoms with Crippen molar-refractivity contribution in [2.75, 3.05) is 5.75 Å². The second kappa shape index (κ2) is 6.01. The summed E-state index contributed by atoms with van der Waals surface area (Å²) in [4.78, 5) is 14.3. The summed E-state index contributed by atoms with van der Waals surface area (Å²) >= 11 is 20.5. The molecule has 0 amide bonds. The fraction of sp³-hybridized carbons (Fsp3) is 0.300. The molecule has 0 fully saturated rings. The van der Waals surface area contributed by atoms with Gasteiger partial charge in [0.15, 0.2) is 0 Å². The van der Waals surface area contributed by atoms with E-state index >= 15 is 0 Å². The SMILES string of the molecule is O=C(c1cc(C=CCCS)c[nH]1)C(Cl)(Cl)Cl. The molecule has 1 N–H and O–H groups in total. The first-order chi connectivity index (χ1) is 7.45. The Kier molecular flexibility index (Phi) is 5.25. The van der Waals surface area contributed by atoms with Gasteiger partial charge in [-0.15, -0.1) is 0 Å². The van der Waals surface area contributed by atoms with Gasteiger partial charge in [0.05, 0.1) is 5.69 Å². The molecule has 6 heteroatoms. The number of rotatable bonds is 4. The number of alkyl halides is 3. The minimum absolute atomic E-state index is 0.283. The van der Waals surface area contributed by atoms with Crippen LogP contribution in [0.2, 0.25) is 0 Å². The van der Waals surface area contributed by atoms with E-state index in [2.05, 4.69) is 17.6 Å². The molecule has 1 rings (SSSR count). The van der Waals surface area contributed by atoms with Crippen LogP contribution in [0.1, 0.15) is 22.5 Å². The third-order valence-corrected chi connectivity index (χ3v) is 2.59. The second-order valence-corrected chi connectivity index (χ2v) is 5.82. The van der Waals surface area contributed by atoms with E-state index in [4.69, 9.17) is 34.8 Å². The number of Topliss-reactive ketones (excluding diaryl/α,β-unsaturated/α-hetero) is 1.